The Bertz CT molecular complexity index is 712. The molecule has 0 fully saturated rings. The van der Waals surface area contributed by atoms with Crippen LogP contribution < -0.4 is 5.69 Å². The average Bonchev–Trinajstić information content (AvgIpc) is 2.78. The summed E-state index contributed by atoms with van der Waals surface area (Å²) in [6.45, 7) is 4.00. The van der Waals surface area contributed by atoms with Crippen LogP contribution in [0.1, 0.15) is 31.1 Å². The molecule has 20 heavy (non-hydrogen) atoms. The van der Waals surface area contributed by atoms with Crippen molar-refractivity contribution in [2.45, 2.75) is 36.5 Å². The van der Waals surface area contributed by atoms with Gasteiger partial charge in [0.25, 0.3) is 0 Å². The zero-order valence-electron chi connectivity index (χ0n) is 11.1. The highest BCUT2D eigenvalue weighted by molar-refractivity contribution is 7.99. The lowest BCUT2D eigenvalue weighted by atomic mass is 10.1. The third-order valence-electron chi connectivity index (χ3n) is 2.83. The normalized spacial score (nSPS) is 12.1. The molecule has 1 atom stereocenters. The first-order chi connectivity index (χ1) is 9.56. The molecule has 1 aromatic heterocycles. The van der Waals surface area contributed by atoms with Gasteiger partial charge in [-0.2, -0.15) is 5.26 Å². The van der Waals surface area contributed by atoms with Crippen LogP contribution in [0.2, 0.25) is 0 Å². The van der Waals surface area contributed by atoms with Crippen molar-refractivity contribution in [3.8, 4) is 6.07 Å². The van der Waals surface area contributed by atoms with Gasteiger partial charge in [0.2, 0.25) is 0 Å². The molecule has 0 unspecified atom stereocenters. The lowest BCUT2D eigenvalue weighted by molar-refractivity contribution is 0.196. The number of hydrogen-bond acceptors (Lipinski definition) is 5. The molecule has 2 N–H and O–H groups in total. The Morgan fingerprint density at radius 1 is 1.60 bits per heavy atom. The minimum absolute atomic E-state index is 0.273. The maximum Gasteiger partial charge on any atom is 0.343 e. The fourth-order valence-electron chi connectivity index (χ4n) is 1.80. The smallest absolute Gasteiger partial charge is 0.343 e. The van der Waals surface area contributed by atoms with Gasteiger partial charge in [0, 0.05) is 11.4 Å². The molecule has 0 amide bonds. The Kier molecular flexibility index (Phi) is 4.27. The van der Waals surface area contributed by atoms with Crippen LogP contribution in [0.4, 0.5) is 0 Å². The predicted octanol–water partition coefficient (Wildman–Crippen LogP) is 1.67. The standard InChI is InChI=1S/C13H14N4O2S/c1-3-17-12(19)15-16-13(17)20-11-6-9(7-14)4-5-10(11)8(2)18/h4-6,8,18H,3H2,1-2H3,(H,15,19)/t8-/m0/s1. The maximum absolute atomic E-state index is 11.5. The molecular formula is C13H14N4O2S. The van der Waals surface area contributed by atoms with Crippen molar-refractivity contribution in [2.24, 2.45) is 0 Å². The van der Waals surface area contributed by atoms with Gasteiger partial charge >= 0.3 is 5.69 Å². The van der Waals surface area contributed by atoms with E-state index in [2.05, 4.69) is 16.3 Å². The third-order valence-corrected chi connectivity index (χ3v) is 3.90. The summed E-state index contributed by atoms with van der Waals surface area (Å²) in [6.07, 6.45) is -0.661. The van der Waals surface area contributed by atoms with E-state index in [4.69, 9.17) is 5.26 Å². The number of H-pyrrole nitrogens is 1. The number of aliphatic hydroxyl groups is 1. The molecule has 0 aliphatic heterocycles. The first kappa shape index (κ1) is 14.4. The molecular weight excluding hydrogens is 276 g/mol. The van der Waals surface area contributed by atoms with E-state index in [0.29, 0.717) is 27.7 Å². The summed E-state index contributed by atoms with van der Waals surface area (Å²) < 4.78 is 1.50. The highest BCUT2D eigenvalue weighted by atomic mass is 32.2. The van der Waals surface area contributed by atoms with Gasteiger partial charge in [0.1, 0.15) is 0 Å². The van der Waals surface area contributed by atoms with E-state index in [1.807, 2.05) is 6.92 Å². The topological polar surface area (TPSA) is 94.7 Å². The minimum atomic E-state index is -0.661. The van der Waals surface area contributed by atoms with Crippen molar-refractivity contribution in [2.75, 3.05) is 0 Å². The summed E-state index contributed by atoms with van der Waals surface area (Å²) in [5.41, 5.74) is 0.926. The predicted molar refractivity (Wildman–Crippen MR) is 74.4 cm³/mol. The SMILES string of the molecule is CCn1c(Sc2cc(C#N)ccc2[C@H](C)O)n[nH]c1=O. The number of rotatable bonds is 4. The fraction of sp³-hybridized carbons (Fsp3) is 0.308. The van der Waals surface area contributed by atoms with E-state index in [9.17, 15) is 9.90 Å². The molecule has 0 radical (unpaired) electrons. The van der Waals surface area contributed by atoms with Gasteiger partial charge in [-0.05, 0) is 43.3 Å². The van der Waals surface area contributed by atoms with E-state index < -0.39 is 6.10 Å². The minimum Gasteiger partial charge on any atom is -0.389 e. The quantitative estimate of drug-likeness (QED) is 0.893. The molecule has 0 aliphatic rings. The zero-order valence-corrected chi connectivity index (χ0v) is 11.9. The van der Waals surface area contributed by atoms with Crippen LogP contribution >= 0.6 is 11.8 Å². The van der Waals surface area contributed by atoms with Gasteiger partial charge in [-0.3, -0.25) is 4.57 Å². The summed E-state index contributed by atoms with van der Waals surface area (Å²) in [7, 11) is 0. The summed E-state index contributed by atoms with van der Waals surface area (Å²) in [6, 6.07) is 7.12. The van der Waals surface area contributed by atoms with Crippen LogP contribution in [-0.4, -0.2) is 19.9 Å². The van der Waals surface area contributed by atoms with Crippen LogP contribution in [0.3, 0.4) is 0 Å². The number of nitrogens with one attached hydrogen (secondary N) is 1. The molecule has 0 saturated heterocycles. The molecule has 1 heterocycles. The van der Waals surface area contributed by atoms with Gasteiger partial charge in [-0.1, -0.05) is 6.07 Å². The van der Waals surface area contributed by atoms with Crippen molar-refractivity contribution < 1.29 is 5.11 Å². The summed E-state index contributed by atoms with van der Waals surface area (Å²) >= 11 is 1.25. The first-order valence-corrected chi connectivity index (χ1v) is 6.93. The second-order valence-electron chi connectivity index (χ2n) is 4.20. The molecule has 0 spiro atoms. The molecule has 2 rings (SSSR count). The molecule has 2 aromatic rings. The molecule has 0 saturated carbocycles. The third kappa shape index (κ3) is 2.76. The van der Waals surface area contributed by atoms with Crippen molar-refractivity contribution in [1.82, 2.24) is 14.8 Å². The summed E-state index contributed by atoms with van der Waals surface area (Å²) in [5, 5.41) is 25.6. The Morgan fingerprint density at radius 3 is 2.95 bits per heavy atom. The van der Waals surface area contributed by atoms with Crippen molar-refractivity contribution in [3.63, 3.8) is 0 Å². The van der Waals surface area contributed by atoms with E-state index in [1.165, 1.54) is 16.3 Å². The van der Waals surface area contributed by atoms with Gasteiger partial charge in [0.15, 0.2) is 5.16 Å². The van der Waals surface area contributed by atoms with Crippen LogP contribution in [-0.2, 0) is 6.54 Å². The molecule has 0 aliphatic carbocycles. The Hall–Kier alpha value is -2.04. The molecule has 7 heteroatoms. The van der Waals surface area contributed by atoms with Gasteiger partial charge in [-0.25, -0.2) is 9.89 Å². The molecule has 104 valence electrons. The Balaban J connectivity index is 2.46. The van der Waals surface area contributed by atoms with Crippen molar-refractivity contribution in [1.29, 1.82) is 5.26 Å². The first-order valence-electron chi connectivity index (χ1n) is 6.12. The van der Waals surface area contributed by atoms with Gasteiger partial charge in [-0.15, -0.1) is 5.10 Å². The lowest BCUT2D eigenvalue weighted by Gasteiger charge is -2.11. The highest BCUT2D eigenvalue weighted by Gasteiger charge is 2.14. The van der Waals surface area contributed by atoms with Crippen LogP contribution in [0.5, 0.6) is 0 Å². The zero-order chi connectivity index (χ0) is 14.7. The van der Waals surface area contributed by atoms with Gasteiger partial charge in [0.05, 0.1) is 17.7 Å². The van der Waals surface area contributed by atoms with Gasteiger partial charge < -0.3 is 5.11 Å². The average molecular weight is 290 g/mol. The van der Waals surface area contributed by atoms with Crippen LogP contribution in [0, 0.1) is 11.3 Å². The van der Waals surface area contributed by atoms with E-state index in [-0.39, 0.29) is 5.69 Å². The fourth-order valence-corrected chi connectivity index (χ4v) is 2.95. The second kappa shape index (κ2) is 5.94. The number of nitrogens with zero attached hydrogens (tertiary/aromatic N) is 3. The molecule has 1 aromatic carbocycles. The number of nitriles is 1. The monoisotopic (exact) mass is 290 g/mol. The summed E-state index contributed by atoms with van der Waals surface area (Å²) in [4.78, 5) is 12.2. The Morgan fingerprint density at radius 2 is 2.35 bits per heavy atom. The number of aromatic amines is 1. The second-order valence-corrected chi connectivity index (χ2v) is 5.21. The number of aromatic nitrogens is 3. The van der Waals surface area contributed by atoms with Crippen molar-refractivity contribution >= 4 is 11.8 Å². The largest absolute Gasteiger partial charge is 0.389 e. The molecule has 6 nitrogen and oxygen atoms in total. The lowest BCUT2D eigenvalue weighted by Crippen LogP contribution is -2.16. The maximum atomic E-state index is 11.5. The molecule has 0 bridgehead atoms. The van der Waals surface area contributed by atoms with E-state index >= 15 is 0 Å². The number of benzene rings is 1. The van der Waals surface area contributed by atoms with E-state index in [1.54, 1.807) is 25.1 Å². The van der Waals surface area contributed by atoms with Crippen molar-refractivity contribution in [3.05, 3.63) is 39.8 Å². The Labute approximate surface area is 120 Å². The summed E-state index contributed by atoms with van der Waals surface area (Å²) in [5.74, 6) is 0. The van der Waals surface area contributed by atoms with Crippen LogP contribution in [0.25, 0.3) is 0 Å². The van der Waals surface area contributed by atoms with Crippen LogP contribution in [0.15, 0.2) is 33.0 Å². The highest BCUT2D eigenvalue weighted by Crippen LogP contribution is 2.32. The number of aliphatic hydroxyl groups excluding tert-OH is 1. The van der Waals surface area contributed by atoms with E-state index in [0.717, 1.165) is 0 Å². The number of hydrogen-bond donors (Lipinski definition) is 2.